The highest BCUT2D eigenvalue weighted by atomic mass is 79.9. The van der Waals surface area contributed by atoms with Gasteiger partial charge in [-0.25, -0.2) is 4.79 Å². The van der Waals surface area contributed by atoms with E-state index in [1.165, 1.54) is 17.8 Å². The minimum Gasteiger partial charge on any atom is -0.478 e. The lowest BCUT2D eigenvalue weighted by molar-refractivity contribution is -0.172. The summed E-state index contributed by atoms with van der Waals surface area (Å²) in [6, 6.07) is 4.73. The van der Waals surface area contributed by atoms with Gasteiger partial charge in [-0.2, -0.15) is 13.2 Å². The van der Waals surface area contributed by atoms with E-state index >= 15 is 0 Å². The fraction of sp³-hybridized carbons (Fsp3) is 0.364. The van der Waals surface area contributed by atoms with Crippen molar-refractivity contribution >= 4 is 33.7 Å². The highest BCUT2D eigenvalue weighted by Gasteiger charge is 2.27. The molecule has 0 radical (unpaired) electrons. The molecule has 1 aromatic rings. The first-order valence-corrected chi connectivity index (χ1v) is 6.87. The normalized spacial score (nSPS) is 11.6. The van der Waals surface area contributed by atoms with Crippen LogP contribution in [-0.4, -0.2) is 36.2 Å². The third kappa shape index (κ3) is 6.31. The number of thioether (sulfide) groups is 1. The van der Waals surface area contributed by atoms with Gasteiger partial charge < -0.3 is 9.84 Å². The maximum atomic E-state index is 11.8. The van der Waals surface area contributed by atoms with Crippen LogP contribution in [0.1, 0.15) is 10.4 Å². The van der Waals surface area contributed by atoms with Crippen LogP contribution in [-0.2, 0) is 4.74 Å². The Labute approximate surface area is 120 Å². The van der Waals surface area contributed by atoms with Crippen molar-refractivity contribution in [2.24, 2.45) is 0 Å². The number of alkyl halides is 3. The zero-order valence-corrected chi connectivity index (χ0v) is 11.9. The Bertz CT molecular complexity index is 451. The quantitative estimate of drug-likeness (QED) is 0.620. The fourth-order valence-corrected chi connectivity index (χ4v) is 2.38. The monoisotopic (exact) mass is 358 g/mol. The van der Waals surface area contributed by atoms with E-state index in [4.69, 9.17) is 5.11 Å². The number of ether oxygens (including phenoxy) is 1. The Balaban J connectivity index is 2.42. The Kier molecular flexibility index (Phi) is 6.15. The lowest BCUT2D eigenvalue weighted by atomic mass is 10.2. The SMILES string of the molecule is O=C(O)c1cc(SCCOCC(F)(F)F)ccc1Br. The molecule has 0 unspecified atom stereocenters. The molecular weight excluding hydrogens is 349 g/mol. The summed E-state index contributed by atoms with van der Waals surface area (Å²) in [6.07, 6.45) is -4.32. The molecule has 0 aliphatic carbocycles. The average Bonchev–Trinajstić information content (AvgIpc) is 2.29. The maximum absolute atomic E-state index is 11.8. The van der Waals surface area contributed by atoms with E-state index < -0.39 is 18.8 Å². The van der Waals surface area contributed by atoms with Gasteiger partial charge in [0.1, 0.15) is 6.61 Å². The topological polar surface area (TPSA) is 46.5 Å². The van der Waals surface area contributed by atoms with Crippen molar-refractivity contribution in [2.75, 3.05) is 19.0 Å². The second-order valence-corrected chi connectivity index (χ2v) is 5.49. The summed E-state index contributed by atoms with van der Waals surface area (Å²) in [6.45, 7) is -1.32. The summed E-state index contributed by atoms with van der Waals surface area (Å²) >= 11 is 4.34. The zero-order valence-electron chi connectivity index (χ0n) is 9.54. The van der Waals surface area contributed by atoms with E-state index in [-0.39, 0.29) is 12.2 Å². The molecule has 3 nitrogen and oxygen atoms in total. The van der Waals surface area contributed by atoms with E-state index in [1.54, 1.807) is 12.1 Å². The fourth-order valence-electron chi connectivity index (χ4n) is 1.16. The Hall–Kier alpha value is -0.730. The number of hydrogen-bond donors (Lipinski definition) is 1. The smallest absolute Gasteiger partial charge is 0.411 e. The predicted octanol–water partition coefficient (Wildman–Crippen LogP) is 3.82. The number of benzene rings is 1. The molecule has 0 spiro atoms. The molecule has 0 aliphatic rings. The van der Waals surface area contributed by atoms with Crippen molar-refractivity contribution in [3.8, 4) is 0 Å². The molecule has 1 aromatic carbocycles. The summed E-state index contributed by atoms with van der Waals surface area (Å²) < 4.78 is 40.3. The van der Waals surface area contributed by atoms with Crippen LogP contribution in [0.2, 0.25) is 0 Å². The van der Waals surface area contributed by atoms with Crippen LogP contribution >= 0.6 is 27.7 Å². The van der Waals surface area contributed by atoms with Crippen molar-refractivity contribution in [2.45, 2.75) is 11.1 Å². The molecule has 1 N–H and O–H groups in total. The molecule has 0 heterocycles. The summed E-state index contributed by atoms with van der Waals surface area (Å²) in [5.41, 5.74) is 0.112. The Morgan fingerprint density at radius 2 is 2.11 bits per heavy atom. The lowest BCUT2D eigenvalue weighted by Crippen LogP contribution is -2.17. The molecule has 106 valence electrons. The highest BCUT2D eigenvalue weighted by molar-refractivity contribution is 9.10. The molecular formula is C11H10BrF3O3S. The number of aromatic carboxylic acids is 1. The molecule has 0 fully saturated rings. The summed E-state index contributed by atoms with van der Waals surface area (Å²) in [5.74, 6) is -0.751. The number of carboxylic acids is 1. The van der Waals surface area contributed by atoms with E-state index in [0.29, 0.717) is 15.1 Å². The standard InChI is InChI=1S/C11H10BrF3O3S/c12-9-2-1-7(5-8(9)10(16)17)19-4-3-18-6-11(13,14)15/h1-2,5H,3-4,6H2,(H,16,17). The van der Waals surface area contributed by atoms with Crippen molar-refractivity contribution in [3.05, 3.63) is 28.2 Å². The van der Waals surface area contributed by atoms with E-state index in [0.717, 1.165) is 0 Å². The van der Waals surface area contributed by atoms with Crippen LogP contribution in [0.25, 0.3) is 0 Å². The van der Waals surface area contributed by atoms with Gasteiger partial charge in [-0.1, -0.05) is 0 Å². The summed E-state index contributed by atoms with van der Waals surface area (Å²) in [4.78, 5) is 11.5. The Morgan fingerprint density at radius 1 is 1.42 bits per heavy atom. The number of hydrogen-bond acceptors (Lipinski definition) is 3. The first-order valence-electron chi connectivity index (χ1n) is 5.10. The third-order valence-electron chi connectivity index (χ3n) is 1.93. The van der Waals surface area contributed by atoms with Crippen molar-refractivity contribution < 1.29 is 27.8 Å². The molecule has 0 bridgehead atoms. The molecule has 8 heteroatoms. The molecule has 0 amide bonds. The molecule has 0 saturated heterocycles. The van der Waals surface area contributed by atoms with Crippen LogP contribution in [0, 0.1) is 0 Å². The average molecular weight is 359 g/mol. The van der Waals surface area contributed by atoms with Crippen LogP contribution in [0.3, 0.4) is 0 Å². The molecule has 19 heavy (non-hydrogen) atoms. The van der Waals surface area contributed by atoms with Gasteiger partial charge in [0.2, 0.25) is 0 Å². The van der Waals surface area contributed by atoms with Crippen LogP contribution < -0.4 is 0 Å². The minimum atomic E-state index is -4.32. The second kappa shape index (κ2) is 7.16. The second-order valence-electron chi connectivity index (χ2n) is 3.46. The van der Waals surface area contributed by atoms with Gasteiger partial charge in [-0.05, 0) is 34.1 Å². The first-order chi connectivity index (χ1) is 8.79. The van der Waals surface area contributed by atoms with Crippen molar-refractivity contribution in [3.63, 3.8) is 0 Å². The lowest BCUT2D eigenvalue weighted by Gasteiger charge is -2.08. The summed E-state index contributed by atoms with van der Waals surface area (Å²) in [5, 5.41) is 8.90. The number of carbonyl (C=O) groups is 1. The van der Waals surface area contributed by atoms with Gasteiger partial charge in [-0.15, -0.1) is 11.8 Å². The van der Waals surface area contributed by atoms with Crippen molar-refractivity contribution in [1.29, 1.82) is 0 Å². The van der Waals surface area contributed by atoms with Gasteiger partial charge >= 0.3 is 12.1 Å². The molecule has 1 rings (SSSR count). The van der Waals surface area contributed by atoms with Crippen LogP contribution in [0.5, 0.6) is 0 Å². The van der Waals surface area contributed by atoms with Crippen LogP contribution in [0.15, 0.2) is 27.6 Å². The summed E-state index contributed by atoms with van der Waals surface area (Å²) in [7, 11) is 0. The van der Waals surface area contributed by atoms with Crippen molar-refractivity contribution in [1.82, 2.24) is 0 Å². The molecule has 0 aromatic heterocycles. The number of carboxylic acid groups (broad SMARTS) is 1. The van der Waals surface area contributed by atoms with E-state index in [2.05, 4.69) is 20.7 Å². The van der Waals surface area contributed by atoms with E-state index in [9.17, 15) is 18.0 Å². The molecule has 0 aliphatic heterocycles. The number of rotatable bonds is 6. The highest BCUT2D eigenvalue weighted by Crippen LogP contribution is 2.25. The largest absolute Gasteiger partial charge is 0.478 e. The molecule has 0 atom stereocenters. The van der Waals surface area contributed by atoms with E-state index in [1.807, 2.05) is 0 Å². The minimum absolute atomic E-state index is 0.0529. The molecule has 0 saturated carbocycles. The van der Waals surface area contributed by atoms with Gasteiger partial charge in [0, 0.05) is 15.1 Å². The van der Waals surface area contributed by atoms with Crippen LogP contribution in [0.4, 0.5) is 13.2 Å². The first kappa shape index (κ1) is 16.3. The van der Waals surface area contributed by atoms with Gasteiger partial charge in [-0.3, -0.25) is 0 Å². The number of halogens is 4. The van der Waals surface area contributed by atoms with Gasteiger partial charge in [0.25, 0.3) is 0 Å². The zero-order chi connectivity index (χ0) is 14.5. The third-order valence-corrected chi connectivity index (χ3v) is 3.58. The predicted molar refractivity (Wildman–Crippen MR) is 68.7 cm³/mol. The maximum Gasteiger partial charge on any atom is 0.411 e. The Morgan fingerprint density at radius 3 is 2.68 bits per heavy atom. The van der Waals surface area contributed by atoms with Gasteiger partial charge in [0.05, 0.1) is 12.2 Å². The van der Waals surface area contributed by atoms with Gasteiger partial charge in [0.15, 0.2) is 0 Å².